The Morgan fingerprint density at radius 2 is 1.95 bits per heavy atom. The zero-order valence-corrected chi connectivity index (χ0v) is 11.6. The molecule has 0 radical (unpaired) electrons. The summed E-state index contributed by atoms with van der Waals surface area (Å²) in [5, 5.41) is 12.6. The second-order valence-corrected chi connectivity index (χ2v) is 4.91. The van der Waals surface area contributed by atoms with Gasteiger partial charge in [-0.25, -0.2) is 9.37 Å². The van der Waals surface area contributed by atoms with Gasteiger partial charge in [-0.3, -0.25) is 0 Å². The maximum Gasteiger partial charge on any atom is 0.222 e. The first-order chi connectivity index (χ1) is 9.36. The monoisotopic (exact) mass is 276 g/mol. The summed E-state index contributed by atoms with van der Waals surface area (Å²) in [6, 6.07) is 4.40. The summed E-state index contributed by atoms with van der Waals surface area (Å²) in [5.41, 5.74) is 6.88. The number of nitrogens with one attached hydrogen (secondary N) is 1. The zero-order chi connectivity index (χ0) is 14.9. The van der Waals surface area contributed by atoms with Gasteiger partial charge >= 0.3 is 0 Å². The molecule has 0 amide bonds. The Labute approximate surface area is 116 Å². The van der Waals surface area contributed by atoms with Crippen molar-refractivity contribution in [1.29, 1.82) is 0 Å². The van der Waals surface area contributed by atoms with Gasteiger partial charge in [-0.2, -0.15) is 4.98 Å². The molecule has 0 atom stereocenters. The van der Waals surface area contributed by atoms with E-state index in [1.165, 1.54) is 6.07 Å². The van der Waals surface area contributed by atoms with Gasteiger partial charge in [-0.1, -0.05) is 0 Å². The van der Waals surface area contributed by atoms with E-state index >= 15 is 0 Å². The second kappa shape index (κ2) is 5.32. The molecule has 1 heterocycles. The molecule has 0 saturated heterocycles. The van der Waals surface area contributed by atoms with E-state index in [1.54, 1.807) is 13.0 Å². The fourth-order valence-corrected chi connectivity index (χ4v) is 1.84. The van der Waals surface area contributed by atoms with Crippen molar-refractivity contribution in [2.45, 2.75) is 26.8 Å². The molecule has 0 unspecified atom stereocenters. The lowest BCUT2D eigenvalue weighted by Crippen LogP contribution is -2.12. The fraction of sp³-hybridized carbons (Fsp3) is 0.286. The number of aryl methyl sites for hydroxylation is 1. The summed E-state index contributed by atoms with van der Waals surface area (Å²) in [7, 11) is 0. The van der Waals surface area contributed by atoms with Crippen LogP contribution in [0.25, 0.3) is 11.3 Å². The van der Waals surface area contributed by atoms with Crippen LogP contribution in [0.15, 0.2) is 18.2 Å². The lowest BCUT2D eigenvalue weighted by atomic mass is 10.1. The topological polar surface area (TPSA) is 84.1 Å². The summed E-state index contributed by atoms with van der Waals surface area (Å²) in [4.78, 5) is 8.10. The number of phenolic OH excluding ortho intramolecular Hbond substituents is 1. The van der Waals surface area contributed by atoms with Gasteiger partial charge in [0, 0.05) is 23.7 Å². The van der Waals surface area contributed by atoms with E-state index in [4.69, 9.17) is 5.73 Å². The average molecular weight is 276 g/mol. The number of nitrogens with two attached hydrogens (primary N) is 1. The molecule has 0 saturated carbocycles. The Morgan fingerprint density at radius 3 is 2.60 bits per heavy atom. The van der Waals surface area contributed by atoms with Crippen molar-refractivity contribution < 1.29 is 9.50 Å². The normalized spacial score (nSPS) is 10.8. The molecule has 0 aliphatic heterocycles. The largest absolute Gasteiger partial charge is 0.508 e. The Morgan fingerprint density at radius 1 is 1.25 bits per heavy atom. The number of aromatic hydroxyl groups is 1. The third kappa shape index (κ3) is 2.96. The van der Waals surface area contributed by atoms with Crippen LogP contribution in [0.3, 0.4) is 0 Å². The third-order valence-electron chi connectivity index (χ3n) is 2.74. The van der Waals surface area contributed by atoms with Crippen molar-refractivity contribution in [2.75, 3.05) is 11.1 Å². The van der Waals surface area contributed by atoms with Gasteiger partial charge in [-0.15, -0.1) is 0 Å². The van der Waals surface area contributed by atoms with Crippen LogP contribution in [-0.2, 0) is 0 Å². The highest BCUT2D eigenvalue weighted by Crippen LogP contribution is 2.29. The highest BCUT2D eigenvalue weighted by atomic mass is 19.1. The predicted molar refractivity (Wildman–Crippen MR) is 77.0 cm³/mol. The van der Waals surface area contributed by atoms with Gasteiger partial charge in [0.1, 0.15) is 17.4 Å². The zero-order valence-electron chi connectivity index (χ0n) is 11.6. The number of phenols is 1. The number of nitrogens with zero attached hydrogens (tertiary/aromatic N) is 2. The molecule has 6 heteroatoms. The number of rotatable bonds is 3. The van der Waals surface area contributed by atoms with E-state index in [9.17, 15) is 9.50 Å². The number of aromatic nitrogens is 2. The van der Waals surface area contributed by atoms with E-state index in [1.807, 2.05) is 13.8 Å². The summed E-state index contributed by atoms with van der Waals surface area (Å²) in [6.07, 6.45) is 0. The van der Waals surface area contributed by atoms with Crippen LogP contribution in [0, 0.1) is 12.7 Å². The van der Waals surface area contributed by atoms with Crippen LogP contribution in [0.4, 0.5) is 16.2 Å². The minimum absolute atomic E-state index is 0.0655. The highest BCUT2D eigenvalue weighted by Gasteiger charge is 2.12. The van der Waals surface area contributed by atoms with Crippen molar-refractivity contribution in [3.8, 4) is 17.0 Å². The first-order valence-corrected chi connectivity index (χ1v) is 6.27. The van der Waals surface area contributed by atoms with Crippen molar-refractivity contribution in [2.24, 2.45) is 0 Å². The Balaban J connectivity index is 2.52. The van der Waals surface area contributed by atoms with Crippen LogP contribution in [0.2, 0.25) is 0 Å². The quantitative estimate of drug-likeness (QED) is 0.802. The van der Waals surface area contributed by atoms with Crippen molar-refractivity contribution in [1.82, 2.24) is 9.97 Å². The number of benzene rings is 1. The summed E-state index contributed by atoms with van der Waals surface area (Å²) >= 11 is 0. The Hall–Kier alpha value is -2.37. The number of nitrogen functional groups attached to an aromatic ring is 1. The standard InChI is InChI=1S/C14H17FN4O/c1-7(2)17-13-6-11(18-14(16)19-13)9-4-8(3)12(20)5-10(9)15/h4-7,20H,1-3H3,(H3,16,17,18,19). The van der Waals surface area contributed by atoms with Crippen LogP contribution < -0.4 is 11.1 Å². The summed E-state index contributed by atoms with van der Waals surface area (Å²) in [5.74, 6) is -0.0427. The fourth-order valence-electron chi connectivity index (χ4n) is 1.84. The van der Waals surface area contributed by atoms with Gasteiger partial charge < -0.3 is 16.2 Å². The first-order valence-electron chi connectivity index (χ1n) is 6.27. The number of halogens is 1. The Kier molecular flexibility index (Phi) is 3.74. The van der Waals surface area contributed by atoms with E-state index in [2.05, 4.69) is 15.3 Å². The molecule has 0 aliphatic rings. The molecule has 106 valence electrons. The summed E-state index contributed by atoms with van der Waals surface area (Å²) < 4.78 is 14.0. The van der Waals surface area contributed by atoms with E-state index in [0.29, 0.717) is 17.1 Å². The Bertz CT molecular complexity index is 643. The molecule has 0 spiro atoms. The smallest absolute Gasteiger partial charge is 0.222 e. The second-order valence-electron chi connectivity index (χ2n) is 4.91. The van der Waals surface area contributed by atoms with E-state index in [0.717, 1.165) is 6.07 Å². The molecule has 0 fully saturated rings. The maximum absolute atomic E-state index is 14.0. The highest BCUT2D eigenvalue weighted by molar-refractivity contribution is 5.66. The average Bonchev–Trinajstić information content (AvgIpc) is 2.32. The van der Waals surface area contributed by atoms with Gasteiger partial charge in [0.2, 0.25) is 5.95 Å². The number of anilines is 2. The molecule has 4 N–H and O–H groups in total. The maximum atomic E-state index is 14.0. The SMILES string of the molecule is Cc1cc(-c2cc(NC(C)C)nc(N)n2)c(F)cc1O. The molecule has 20 heavy (non-hydrogen) atoms. The van der Waals surface area contributed by atoms with Gasteiger partial charge in [0.05, 0.1) is 5.69 Å². The van der Waals surface area contributed by atoms with Crippen molar-refractivity contribution in [3.05, 3.63) is 29.6 Å². The van der Waals surface area contributed by atoms with Crippen molar-refractivity contribution in [3.63, 3.8) is 0 Å². The molecule has 5 nitrogen and oxygen atoms in total. The molecule has 0 bridgehead atoms. The molecule has 1 aromatic carbocycles. The van der Waals surface area contributed by atoms with Crippen LogP contribution in [-0.4, -0.2) is 21.1 Å². The van der Waals surface area contributed by atoms with Crippen LogP contribution >= 0.6 is 0 Å². The van der Waals surface area contributed by atoms with Crippen molar-refractivity contribution >= 4 is 11.8 Å². The lowest BCUT2D eigenvalue weighted by molar-refractivity contribution is 0.465. The van der Waals surface area contributed by atoms with Crippen LogP contribution in [0.1, 0.15) is 19.4 Å². The van der Waals surface area contributed by atoms with Gasteiger partial charge in [-0.05, 0) is 32.4 Å². The predicted octanol–water partition coefficient (Wildman–Crippen LogP) is 2.70. The van der Waals surface area contributed by atoms with E-state index < -0.39 is 5.82 Å². The third-order valence-corrected chi connectivity index (χ3v) is 2.74. The molecule has 0 aliphatic carbocycles. The summed E-state index contributed by atoms with van der Waals surface area (Å²) in [6.45, 7) is 5.61. The minimum atomic E-state index is -0.554. The molecular formula is C14H17FN4O. The minimum Gasteiger partial charge on any atom is -0.508 e. The van der Waals surface area contributed by atoms with E-state index in [-0.39, 0.29) is 23.3 Å². The van der Waals surface area contributed by atoms with Gasteiger partial charge in [0.15, 0.2) is 0 Å². The number of hydrogen-bond donors (Lipinski definition) is 3. The first kappa shape index (κ1) is 14.0. The number of hydrogen-bond acceptors (Lipinski definition) is 5. The molecule has 2 aromatic rings. The molecule has 2 rings (SSSR count). The molecular weight excluding hydrogens is 259 g/mol. The lowest BCUT2D eigenvalue weighted by Gasteiger charge is -2.12. The van der Waals surface area contributed by atoms with Gasteiger partial charge in [0.25, 0.3) is 0 Å². The molecule has 1 aromatic heterocycles. The van der Waals surface area contributed by atoms with Crippen LogP contribution in [0.5, 0.6) is 5.75 Å².